The van der Waals surface area contributed by atoms with Gasteiger partial charge in [0, 0.05) is 17.1 Å². The second kappa shape index (κ2) is 9.87. The van der Waals surface area contributed by atoms with Crippen LogP contribution in [0.25, 0.3) is 16.8 Å². The van der Waals surface area contributed by atoms with Gasteiger partial charge in [-0.15, -0.1) is 11.3 Å². The standard InChI is InChI=1S/C23H22N4O3S/c1-15(2)10-16-4-6-17(7-5-16)21-14-31-23(26-21)18(12-24)13-25-20-9-8-19(30-3)11-22(20)27(28)29/h4-9,11,13-15,25H,10H2,1-3H3/b18-13+. The molecule has 0 saturated heterocycles. The highest BCUT2D eigenvalue weighted by atomic mass is 32.1. The van der Waals surface area contributed by atoms with Crippen LogP contribution in [-0.4, -0.2) is 17.0 Å². The smallest absolute Gasteiger partial charge is 0.296 e. The number of nitro benzene ring substituents is 1. The van der Waals surface area contributed by atoms with E-state index in [1.54, 1.807) is 6.07 Å². The SMILES string of the molecule is COc1ccc(N/C=C(\C#N)c2nc(-c3ccc(CC(C)C)cc3)cs2)c([N+](=O)[O-])c1. The van der Waals surface area contributed by atoms with Gasteiger partial charge in [-0.2, -0.15) is 5.26 Å². The molecular weight excluding hydrogens is 412 g/mol. The molecule has 3 aromatic rings. The van der Waals surface area contributed by atoms with Gasteiger partial charge in [0.25, 0.3) is 5.69 Å². The van der Waals surface area contributed by atoms with E-state index < -0.39 is 4.92 Å². The third kappa shape index (κ3) is 5.47. The average molecular weight is 435 g/mol. The first-order chi connectivity index (χ1) is 14.9. The van der Waals surface area contributed by atoms with E-state index in [1.165, 1.54) is 42.3 Å². The summed E-state index contributed by atoms with van der Waals surface area (Å²) in [5.41, 5.74) is 3.44. The summed E-state index contributed by atoms with van der Waals surface area (Å²) in [5.74, 6) is 0.972. The third-order valence-corrected chi connectivity index (χ3v) is 5.40. The summed E-state index contributed by atoms with van der Waals surface area (Å²) in [4.78, 5) is 15.4. The topological polar surface area (TPSA) is 101 Å². The lowest BCUT2D eigenvalue weighted by molar-refractivity contribution is -0.384. The van der Waals surface area contributed by atoms with Gasteiger partial charge in [-0.3, -0.25) is 10.1 Å². The van der Waals surface area contributed by atoms with Crippen LogP contribution in [0.3, 0.4) is 0 Å². The van der Waals surface area contributed by atoms with Crippen LogP contribution in [0.2, 0.25) is 0 Å². The average Bonchev–Trinajstić information content (AvgIpc) is 3.24. The van der Waals surface area contributed by atoms with E-state index in [0.29, 0.717) is 16.7 Å². The van der Waals surface area contributed by atoms with Crippen molar-refractivity contribution in [2.45, 2.75) is 20.3 Å². The van der Waals surface area contributed by atoms with Gasteiger partial charge in [0.05, 0.1) is 23.8 Å². The van der Waals surface area contributed by atoms with Crippen molar-refractivity contribution in [1.29, 1.82) is 5.26 Å². The molecule has 8 heteroatoms. The molecular formula is C23H22N4O3S. The van der Waals surface area contributed by atoms with Crippen molar-refractivity contribution in [2.24, 2.45) is 5.92 Å². The number of thiazole rings is 1. The first-order valence-electron chi connectivity index (χ1n) is 9.65. The second-order valence-electron chi connectivity index (χ2n) is 7.29. The van der Waals surface area contributed by atoms with E-state index in [4.69, 9.17) is 4.74 Å². The molecule has 0 spiro atoms. The van der Waals surface area contributed by atoms with Crippen molar-refractivity contribution in [1.82, 2.24) is 4.98 Å². The number of allylic oxidation sites excluding steroid dienone is 1. The Morgan fingerprint density at radius 3 is 2.68 bits per heavy atom. The number of nitro groups is 1. The number of methoxy groups -OCH3 is 1. The molecule has 0 aliphatic rings. The minimum atomic E-state index is -0.505. The molecule has 1 aromatic heterocycles. The highest BCUT2D eigenvalue weighted by Crippen LogP contribution is 2.30. The zero-order valence-corrected chi connectivity index (χ0v) is 18.3. The number of nitriles is 1. The lowest BCUT2D eigenvalue weighted by atomic mass is 10.0. The maximum Gasteiger partial charge on any atom is 0.296 e. The van der Waals surface area contributed by atoms with E-state index in [-0.39, 0.29) is 16.9 Å². The zero-order valence-electron chi connectivity index (χ0n) is 17.5. The number of aromatic nitrogens is 1. The fraction of sp³-hybridized carbons (Fsp3) is 0.217. The normalized spacial score (nSPS) is 11.3. The van der Waals surface area contributed by atoms with Gasteiger partial charge >= 0.3 is 0 Å². The number of hydrogen-bond acceptors (Lipinski definition) is 7. The summed E-state index contributed by atoms with van der Waals surface area (Å²) < 4.78 is 5.04. The molecule has 158 valence electrons. The molecule has 1 heterocycles. The number of anilines is 1. The quantitative estimate of drug-likeness (QED) is 0.269. The number of ether oxygens (including phenoxy) is 1. The van der Waals surface area contributed by atoms with Gasteiger partial charge in [-0.1, -0.05) is 38.1 Å². The Balaban J connectivity index is 1.81. The summed E-state index contributed by atoms with van der Waals surface area (Å²) in [6, 6.07) is 14.8. The predicted molar refractivity (Wildman–Crippen MR) is 123 cm³/mol. The van der Waals surface area contributed by atoms with Crippen molar-refractivity contribution in [3.8, 4) is 23.1 Å². The van der Waals surface area contributed by atoms with Crippen LogP contribution in [0, 0.1) is 27.4 Å². The van der Waals surface area contributed by atoms with Crippen LogP contribution in [0.1, 0.15) is 24.4 Å². The van der Waals surface area contributed by atoms with Crippen molar-refractivity contribution in [2.75, 3.05) is 12.4 Å². The highest BCUT2D eigenvalue weighted by molar-refractivity contribution is 7.11. The molecule has 0 atom stereocenters. The molecule has 0 fully saturated rings. The van der Waals surface area contributed by atoms with Crippen molar-refractivity contribution in [3.05, 3.63) is 74.7 Å². The minimum absolute atomic E-state index is 0.144. The number of benzene rings is 2. The van der Waals surface area contributed by atoms with Gasteiger partial charge in [-0.25, -0.2) is 4.98 Å². The van der Waals surface area contributed by atoms with Crippen molar-refractivity contribution in [3.63, 3.8) is 0 Å². The third-order valence-electron chi connectivity index (χ3n) is 4.52. The van der Waals surface area contributed by atoms with E-state index in [0.717, 1.165) is 17.7 Å². The largest absolute Gasteiger partial charge is 0.496 e. The Hall–Kier alpha value is -3.70. The van der Waals surface area contributed by atoms with Gasteiger partial charge in [-0.05, 0) is 30.0 Å². The Kier molecular flexibility index (Phi) is 7.00. The lowest BCUT2D eigenvalue weighted by Gasteiger charge is -2.06. The number of rotatable bonds is 8. The summed E-state index contributed by atoms with van der Waals surface area (Å²) in [6.07, 6.45) is 2.45. The summed E-state index contributed by atoms with van der Waals surface area (Å²) in [7, 11) is 1.44. The zero-order chi connectivity index (χ0) is 22.4. The highest BCUT2D eigenvalue weighted by Gasteiger charge is 2.15. The monoisotopic (exact) mass is 434 g/mol. The molecule has 0 amide bonds. The van der Waals surface area contributed by atoms with Crippen LogP contribution in [0.15, 0.2) is 54.0 Å². The fourth-order valence-corrected chi connectivity index (χ4v) is 3.81. The molecule has 0 aliphatic carbocycles. The van der Waals surface area contributed by atoms with Gasteiger partial charge in [0.15, 0.2) is 0 Å². The fourth-order valence-electron chi connectivity index (χ4n) is 3.02. The predicted octanol–water partition coefficient (Wildman–Crippen LogP) is 5.90. The van der Waals surface area contributed by atoms with E-state index in [2.05, 4.69) is 42.4 Å². The molecule has 2 aromatic carbocycles. The van der Waals surface area contributed by atoms with E-state index >= 15 is 0 Å². The Labute approximate surface area is 184 Å². The van der Waals surface area contributed by atoms with Crippen molar-refractivity contribution < 1.29 is 9.66 Å². The molecule has 7 nitrogen and oxygen atoms in total. The maximum atomic E-state index is 11.3. The Morgan fingerprint density at radius 1 is 1.32 bits per heavy atom. The van der Waals surface area contributed by atoms with Crippen molar-refractivity contribution >= 4 is 28.3 Å². The van der Waals surface area contributed by atoms with Crippen LogP contribution in [0.4, 0.5) is 11.4 Å². The van der Waals surface area contributed by atoms with E-state index in [9.17, 15) is 15.4 Å². The summed E-state index contributed by atoms with van der Waals surface area (Å²) >= 11 is 1.35. The summed E-state index contributed by atoms with van der Waals surface area (Å²) in [6.45, 7) is 4.37. The molecule has 31 heavy (non-hydrogen) atoms. The first kappa shape index (κ1) is 22.0. The lowest BCUT2D eigenvalue weighted by Crippen LogP contribution is -1.98. The molecule has 0 saturated carbocycles. The van der Waals surface area contributed by atoms with E-state index in [1.807, 2.05) is 17.5 Å². The minimum Gasteiger partial charge on any atom is -0.496 e. The maximum absolute atomic E-state index is 11.3. The van der Waals surface area contributed by atoms with Crippen LogP contribution >= 0.6 is 11.3 Å². The molecule has 0 radical (unpaired) electrons. The number of hydrogen-bond donors (Lipinski definition) is 1. The molecule has 1 N–H and O–H groups in total. The number of nitrogens with zero attached hydrogens (tertiary/aromatic N) is 3. The molecule has 0 bridgehead atoms. The molecule has 0 aliphatic heterocycles. The van der Waals surface area contributed by atoms with Gasteiger partial charge in [0.2, 0.25) is 0 Å². The first-order valence-corrected chi connectivity index (χ1v) is 10.5. The molecule has 3 rings (SSSR count). The van der Waals surface area contributed by atoms with Gasteiger partial charge < -0.3 is 10.1 Å². The second-order valence-corrected chi connectivity index (χ2v) is 8.15. The molecule has 0 unspecified atom stereocenters. The van der Waals surface area contributed by atoms with Crippen LogP contribution in [-0.2, 0) is 6.42 Å². The number of nitrogens with one attached hydrogen (secondary N) is 1. The van der Waals surface area contributed by atoms with Gasteiger partial charge in [0.1, 0.15) is 28.1 Å². The Bertz CT molecular complexity index is 1140. The Morgan fingerprint density at radius 2 is 2.06 bits per heavy atom. The van der Waals surface area contributed by atoms with Crippen LogP contribution < -0.4 is 10.1 Å². The van der Waals surface area contributed by atoms with Crippen LogP contribution in [0.5, 0.6) is 5.75 Å². The summed E-state index contributed by atoms with van der Waals surface area (Å²) in [5, 5.41) is 26.2.